The van der Waals surface area contributed by atoms with Crippen LogP contribution in [0.25, 0.3) is 0 Å². The molecule has 0 spiro atoms. The van der Waals surface area contributed by atoms with Crippen LogP contribution >= 0.6 is 23.2 Å². The van der Waals surface area contributed by atoms with E-state index < -0.39 is 77.8 Å². The number of halogens is 2. The Morgan fingerprint density at radius 3 is 1.86 bits per heavy atom. The third-order valence-electron chi connectivity index (χ3n) is 11.3. The molecule has 2 aliphatic heterocycles. The largest absolute Gasteiger partial charge is 0.480 e. The monoisotopic (exact) mass is 931 g/mol. The van der Waals surface area contributed by atoms with E-state index in [0.29, 0.717) is 39.4 Å². The zero-order valence-electron chi connectivity index (χ0n) is 36.0. The van der Waals surface area contributed by atoms with Crippen LogP contribution in [-0.4, -0.2) is 70.6 Å². The molecular formula is C51H51Cl2N5O8. The topological polar surface area (TPSA) is 200 Å². The first-order chi connectivity index (χ1) is 31.8. The molecule has 15 heteroatoms. The van der Waals surface area contributed by atoms with Gasteiger partial charge in [-0.05, 0) is 77.8 Å². The van der Waals surface area contributed by atoms with Gasteiger partial charge >= 0.3 is 5.97 Å². The van der Waals surface area contributed by atoms with Gasteiger partial charge < -0.3 is 31.7 Å². The summed E-state index contributed by atoms with van der Waals surface area (Å²) in [5.41, 5.74) is 3.76. The van der Waals surface area contributed by atoms with E-state index >= 15 is 0 Å². The van der Waals surface area contributed by atoms with E-state index in [4.69, 9.17) is 23.2 Å². The maximum absolute atomic E-state index is 14.7. The van der Waals surface area contributed by atoms with Crippen LogP contribution in [0.3, 0.4) is 0 Å². The molecule has 5 amide bonds. The van der Waals surface area contributed by atoms with Crippen LogP contribution in [0.5, 0.6) is 0 Å². The van der Waals surface area contributed by atoms with Crippen molar-refractivity contribution in [2.24, 2.45) is 5.92 Å². The Morgan fingerprint density at radius 1 is 0.636 bits per heavy atom. The number of carboxylic acid groups (broad SMARTS) is 1. The molecule has 13 nitrogen and oxygen atoms in total. The van der Waals surface area contributed by atoms with Crippen molar-refractivity contribution >= 4 is 70.2 Å². The van der Waals surface area contributed by atoms with Crippen LogP contribution in [0.15, 0.2) is 133 Å². The number of hydrogen-bond acceptors (Lipinski definition) is 7. The molecule has 7 rings (SSSR count). The number of aryl methyl sites for hydroxylation is 1. The van der Waals surface area contributed by atoms with Crippen molar-refractivity contribution in [3.8, 4) is 0 Å². The number of hydrogen-bond donors (Lipinski definition) is 6. The number of carbonyl (C=O) groups is 7. The summed E-state index contributed by atoms with van der Waals surface area (Å²) in [5.74, 6) is -6.04. The van der Waals surface area contributed by atoms with Gasteiger partial charge in [-0.25, -0.2) is 4.79 Å². The summed E-state index contributed by atoms with van der Waals surface area (Å²) in [6.45, 7) is 0. The van der Waals surface area contributed by atoms with E-state index in [-0.39, 0.29) is 50.0 Å². The number of rotatable bonds is 12. The van der Waals surface area contributed by atoms with E-state index in [1.54, 1.807) is 97.1 Å². The zero-order chi connectivity index (χ0) is 47.0. The number of Topliss-reactive ketones (excluding diaryl/α,β-unsaturated/α-hetero) is 1. The highest BCUT2D eigenvalue weighted by Gasteiger charge is 2.34. The van der Waals surface area contributed by atoms with Gasteiger partial charge in [0.1, 0.15) is 18.1 Å². The number of nitrogens with one attached hydrogen (secondary N) is 5. The van der Waals surface area contributed by atoms with Crippen LogP contribution in [0.4, 0.5) is 5.69 Å². The number of anilines is 1. The van der Waals surface area contributed by atoms with Crippen LogP contribution < -0.4 is 26.6 Å². The van der Waals surface area contributed by atoms with E-state index in [0.717, 1.165) is 5.56 Å². The van der Waals surface area contributed by atoms with Crippen LogP contribution in [0.2, 0.25) is 10.0 Å². The number of aliphatic carboxylic acids is 1. The summed E-state index contributed by atoms with van der Waals surface area (Å²) >= 11 is 12.8. The molecule has 342 valence electrons. The minimum absolute atomic E-state index is 0.00618. The molecule has 2 aliphatic rings. The summed E-state index contributed by atoms with van der Waals surface area (Å²) in [7, 11) is 0. The molecule has 0 fully saturated rings. The first kappa shape index (κ1) is 48.6. The predicted molar refractivity (Wildman–Crippen MR) is 252 cm³/mol. The second-order valence-electron chi connectivity index (χ2n) is 16.3. The molecule has 5 aromatic carbocycles. The average Bonchev–Trinajstić information content (AvgIpc) is 3.30. The lowest BCUT2D eigenvalue weighted by atomic mass is 9.89. The minimum Gasteiger partial charge on any atom is -0.480 e. The molecule has 2 heterocycles. The molecule has 5 aromatic rings. The molecule has 66 heavy (non-hydrogen) atoms. The van der Waals surface area contributed by atoms with E-state index in [2.05, 4.69) is 26.6 Å². The Balaban J connectivity index is 1.36. The summed E-state index contributed by atoms with van der Waals surface area (Å²) in [5, 5.41) is 24.6. The van der Waals surface area contributed by atoms with E-state index in [1.165, 1.54) is 6.07 Å². The average molecular weight is 933 g/mol. The number of ketones is 1. The number of carbonyl (C=O) groups excluding carboxylic acids is 6. The van der Waals surface area contributed by atoms with Crippen molar-refractivity contribution in [2.45, 2.75) is 82.0 Å². The van der Waals surface area contributed by atoms with Crippen LogP contribution in [0.1, 0.15) is 53.5 Å². The number of benzene rings is 5. The third kappa shape index (κ3) is 14.9. The van der Waals surface area contributed by atoms with E-state index in [1.807, 2.05) is 30.3 Å². The molecule has 0 saturated heterocycles. The Hall–Kier alpha value is -6.83. The summed E-state index contributed by atoms with van der Waals surface area (Å²) < 4.78 is 0. The highest BCUT2D eigenvalue weighted by molar-refractivity contribution is 6.35. The van der Waals surface area contributed by atoms with Gasteiger partial charge in [-0.3, -0.25) is 28.8 Å². The van der Waals surface area contributed by atoms with Gasteiger partial charge in [0.05, 0.1) is 6.04 Å². The van der Waals surface area contributed by atoms with Gasteiger partial charge in [0.2, 0.25) is 29.5 Å². The van der Waals surface area contributed by atoms with Gasteiger partial charge in [-0.2, -0.15) is 0 Å². The first-order valence-electron chi connectivity index (χ1n) is 21.7. The maximum Gasteiger partial charge on any atom is 0.326 e. The highest BCUT2D eigenvalue weighted by atomic mass is 35.5. The van der Waals surface area contributed by atoms with Gasteiger partial charge in [0, 0.05) is 53.8 Å². The van der Waals surface area contributed by atoms with Gasteiger partial charge in [-0.1, -0.05) is 132 Å². The lowest BCUT2D eigenvalue weighted by Crippen LogP contribution is -2.57. The van der Waals surface area contributed by atoms with Crippen molar-refractivity contribution in [3.63, 3.8) is 0 Å². The molecular weight excluding hydrogens is 881 g/mol. The van der Waals surface area contributed by atoms with Crippen LogP contribution in [-0.2, 0) is 65.7 Å². The highest BCUT2D eigenvalue weighted by Crippen LogP contribution is 2.24. The lowest BCUT2D eigenvalue weighted by Gasteiger charge is -2.27. The zero-order valence-corrected chi connectivity index (χ0v) is 37.5. The number of fused-ring (bicyclic) bond motifs is 18. The summed E-state index contributed by atoms with van der Waals surface area (Å²) in [4.78, 5) is 96.8. The van der Waals surface area contributed by atoms with Gasteiger partial charge in [0.25, 0.3) is 0 Å². The molecule has 0 aliphatic carbocycles. The summed E-state index contributed by atoms with van der Waals surface area (Å²) in [6, 6.07) is 33.4. The Labute approximate surface area is 393 Å². The SMILES string of the molecule is O=C1CCC(=O)N[C@H](CCc2ccccc2)C(=O)N[C@@H](Cc2ccc(Cl)cc2Cl)C(=O)N[C@H](Cc2ccccc2)C(=O)C[C@@H](C(=O)N[C@@H](Cc2ccccc2)C(=O)O)Cc2ccc(cc2)N1. The molecule has 0 radical (unpaired) electrons. The van der Waals surface area contributed by atoms with Crippen molar-refractivity contribution in [3.05, 3.63) is 171 Å². The smallest absolute Gasteiger partial charge is 0.326 e. The van der Waals surface area contributed by atoms with Crippen molar-refractivity contribution < 1.29 is 38.7 Å². The second-order valence-corrected chi connectivity index (χ2v) is 17.1. The number of carboxylic acids is 1. The van der Waals surface area contributed by atoms with Crippen molar-refractivity contribution in [2.75, 3.05) is 5.32 Å². The Bertz CT molecular complexity index is 2490. The fourth-order valence-corrected chi connectivity index (χ4v) is 8.17. The normalized spacial score (nSPS) is 19.3. The fraction of sp³-hybridized carbons (Fsp3) is 0.275. The van der Waals surface area contributed by atoms with Crippen molar-refractivity contribution in [1.82, 2.24) is 21.3 Å². The molecule has 5 atom stereocenters. The molecule has 6 N–H and O–H groups in total. The second kappa shape index (κ2) is 23.9. The molecule has 0 unspecified atom stereocenters. The van der Waals surface area contributed by atoms with Gasteiger partial charge in [0.15, 0.2) is 5.78 Å². The van der Waals surface area contributed by atoms with Crippen molar-refractivity contribution in [1.29, 1.82) is 0 Å². The quantitative estimate of drug-likeness (QED) is 0.0792. The first-order valence-corrected chi connectivity index (χ1v) is 22.5. The Kier molecular flexibility index (Phi) is 17.6. The van der Waals surface area contributed by atoms with Crippen LogP contribution in [0, 0.1) is 5.92 Å². The molecule has 0 saturated carbocycles. The fourth-order valence-electron chi connectivity index (χ4n) is 7.69. The molecule has 2 bridgehead atoms. The summed E-state index contributed by atoms with van der Waals surface area (Å²) in [6.07, 6.45) is -0.479. The standard InChI is InChI=1S/C51H51Cl2N5O8/c52-38-20-19-36(40(53)31-38)29-43-50(64)56-42(27-33-12-6-2-7-13-33)45(59)30-37(48(62)58-44(51(65)66)28-34-14-8-3-9-15-34)26-35-16-21-39(22-17-35)54-46(60)24-25-47(61)55-41(49(63)57-43)23-18-32-10-4-1-5-11-32/h1-17,19-22,31,37,41-44H,18,23-30H2,(H,54,60)(H,55,61)(H,56,64)(H,57,63)(H,58,62)(H,65,66)/t37-,41+,42+,43-,44-/m0/s1. The lowest BCUT2D eigenvalue weighted by molar-refractivity contribution is -0.142. The Morgan fingerprint density at radius 2 is 1.23 bits per heavy atom. The molecule has 0 aromatic heterocycles. The maximum atomic E-state index is 14.7. The van der Waals surface area contributed by atoms with Gasteiger partial charge in [-0.15, -0.1) is 0 Å². The third-order valence-corrected chi connectivity index (χ3v) is 11.9. The van der Waals surface area contributed by atoms with E-state index in [9.17, 15) is 38.7 Å². The number of amides is 5. The minimum atomic E-state index is -1.34. The predicted octanol–water partition coefficient (Wildman–Crippen LogP) is 6.23.